The average molecular weight is 1370 g/mol. The summed E-state index contributed by atoms with van der Waals surface area (Å²) in [6.07, 6.45) is 5.95. The fraction of sp³-hybridized carbons (Fsp3) is 1.00. The van der Waals surface area contributed by atoms with Crippen LogP contribution < -0.4 is 0 Å². The van der Waals surface area contributed by atoms with E-state index in [2.05, 4.69) is 138 Å². The summed E-state index contributed by atoms with van der Waals surface area (Å²) in [4.78, 5) is 2.25. The molecule has 0 nitrogen and oxygen atoms in total. The van der Waals surface area contributed by atoms with Crippen LogP contribution in [-0.4, -0.2) is 133 Å². The van der Waals surface area contributed by atoms with Crippen molar-refractivity contribution in [3.8, 4) is 0 Å². The quantitative estimate of drug-likeness (QED) is 0.182. The summed E-state index contributed by atoms with van der Waals surface area (Å²) in [7, 11) is 14.7. The van der Waals surface area contributed by atoms with E-state index in [0.717, 1.165) is 173 Å². The molecule has 0 spiro atoms. The van der Waals surface area contributed by atoms with Gasteiger partial charge < -0.3 is 0 Å². The van der Waals surface area contributed by atoms with Crippen LogP contribution in [0.15, 0.2) is 0 Å². The standard InChI is InChI=1S/2C6H12S2.3C6H12SSe.2C6H12Se2/c1-5(2)6-3-7-8-4-6;1-5(2)6-3-4-7-8-6;1-5(2)6-3-7-8-4-6;1-5(2)6-3-4-8-7-6;1-5(2)6-3-4-7-8-6;1-5(2)6-3-7-8-4-6;1-5(2)6-3-4-7-8-6/h7*5-6H,3-4H2,1-2H3. The van der Waals surface area contributed by atoms with E-state index in [4.69, 9.17) is 0 Å². The monoisotopic (exact) mass is 1370 g/mol. The van der Waals surface area contributed by atoms with Crippen LogP contribution in [0, 0.1) is 59.2 Å². The SMILES string of the molecule is CC(C)C1CCSS1.CC(C)C1CCS[Se]1.CC(C)C1CC[Se]S1.CC(C)C1CC[Se][Se]1.CC(C)C1CSSC1.CC(C)C1CS[Se]C1.CC(C)C1C[Se][Se]C1. The van der Waals surface area contributed by atoms with Crippen LogP contribution in [0.25, 0.3) is 0 Å². The van der Waals surface area contributed by atoms with E-state index >= 15 is 0 Å². The van der Waals surface area contributed by atoms with Crippen molar-refractivity contribution >= 4 is 168 Å². The van der Waals surface area contributed by atoms with Gasteiger partial charge in [-0.05, 0) is 24.2 Å². The first-order valence-electron chi connectivity index (χ1n) is 21.5. The van der Waals surface area contributed by atoms with Crippen molar-refractivity contribution in [3.63, 3.8) is 0 Å². The topological polar surface area (TPSA) is 0 Å². The van der Waals surface area contributed by atoms with Gasteiger partial charge in [0.1, 0.15) is 0 Å². The van der Waals surface area contributed by atoms with Crippen LogP contribution in [0.2, 0.25) is 36.2 Å². The molecular formula is C42H84S7Se7. The molecule has 7 aliphatic rings. The molecule has 0 aromatic carbocycles. The van der Waals surface area contributed by atoms with Crippen molar-refractivity contribution in [1.82, 2.24) is 0 Å². The zero-order valence-corrected chi connectivity index (χ0v) is 55.4. The third-order valence-corrected chi connectivity index (χ3v) is 48.8. The minimum atomic E-state index is 0.884. The van der Waals surface area contributed by atoms with Gasteiger partial charge in [0.2, 0.25) is 0 Å². The van der Waals surface area contributed by atoms with E-state index in [0.29, 0.717) is 0 Å². The molecule has 14 heteroatoms. The summed E-state index contributed by atoms with van der Waals surface area (Å²) in [6, 6.07) is 0. The van der Waals surface area contributed by atoms with Gasteiger partial charge in [-0.15, -0.1) is 0 Å². The summed E-state index contributed by atoms with van der Waals surface area (Å²) in [5, 5.41) is 9.75. The minimum absolute atomic E-state index is 0.884. The van der Waals surface area contributed by atoms with Crippen molar-refractivity contribution in [1.29, 1.82) is 0 Å². The van der Waals surface area contributed by atoms with Gasteiger partial charge in [-0.3, -0.25) is 0 Å². The molecule has 0 saturated carbocycles. The van der Waals surface area contributed by atoms with Gasteiger partial charge in [-0.2, -0.15) is 0 Å². The molecule has 7 saturated heterocycles. The van der Waals surface area contributed by atoms with E-state index in [1.807, 2.05) is 32.4 Å². The second-order valence-electron chi connectivity index (χ2n) is 17.7. The Bertz CT molecular complexity index is 665. The molecule has 7 fully saturated rings. The molecule has 0 N–H and O–H groups in total. The molecule has 0 bridgehead atoms. The fourth-order valence-corrected chi connectivity index (χ4v) is 49.9. The molecule has 0 amide bonds. The molecule has 336 valence electrons. The molecule has 0 aromatic heterocycles. The molecule has 7 heterocycles. The molecule has 7 aliphatic heterocycles. The molecule has 0 aromatic rings. The normalized spacial score (nSPS) is 27.7. The maximum atomic E-state index is 2.37. The Morgan fingerprint density at radius 2 is 1.04 bits per heavy atom. The van der Waals surface area contributed by atoms with E-state index in [1.54, 1.807) is 22.4 Å². The first-order valence-corrected chi connectivity index (χ1v) is 52.0. The van der Waals surface area contributed by atoms with Gasteiger partial charge in [-0.25, -0.2) is 0 Å². The summed E-state index contributed by atoms with van der Waals surface area (Å²) < 4.78 is 0. The zero-order chi connectivity index (χ0) is 41.9. The first-order chi connectivity index (χ1) is 26.6. The number of rotatable bonds is 7. The van der Waals surface area contributed by atoms with E-state index in [1.165, 1.54) is 58.7 Å². The van der Waals surface area contributed by atoms with Crippen LogP contribution in [0.4, 0.5) is 0 Å². The second-order valence-corrected chi connectivity index (χ2v) is 52.0. The van der Waals surface area contributed by atoms with Crippen LogP contribution in [0.3, 0.4) is 0 Å². The molecular weight excluding hydrogens is 1280 g/mol. The Morgan fingerprint density at radius 3 is 1.29 bits per heavy atom. The van der Waals surface area contributed by atoms with Crippen LogP contribution in [0.1, 0.15) is 123 Å². The van der Waals surface area contributed by atoms with Crippen molar-refractivity contribution in [2.75, 3.05) is 28.8 Å². The second kappa shape index (κ2) is 38.1. The third-order valence-electron chi connectivity index (χ3n) is 10.5. The molecule has 7 rings (SSSR count). The Morgan fingerprint density at radius 1 is 0.429 bits per heavy atom. The number of hydrogen-bond acceptors (Lipinski definition) is 7. The van der Waals surface area contributed by atoms with E-state index in [-0.39, 0.29) is 0 Å². The van der Waals surface area contributed by atoms with Crippen molar-refractivity contribution in [2.45, 2.75) is 169 Å². The van der Waals surface area contributed by atoms with Crippen molar-refractivity contribution < 1.29 is 0 Å². The molecule has 56 heavy (non-hydrogen) atoms. The Labute approximate surface area is 419 Å². The van der Waals surface area contributed by atoms with Gasteiger partial charge in [0.15, 0.2) is 0 Å². The van der Waals surface area contributed by atoms with Gasteiger partial charge in [0.25, 0.3) is 0 Å². The van der Waals surface area contributed by atoms with Gasteiger partial charge in [-0.1, -0.05) is 70.9 Å². The van der Waals surface area contributed by atoms with Gasteiger partial charge in [0.05, 0.1) is 0 Å². The Hall–Kier alpha value is 6.09. The molecule has 0 aliphatic carbocycles. The third kappa shape index (κ3) is 30.4. The number of hydrogen-bond donors (Lipinski definition) is 0. The Kier molecular flexibility index (Phi) is 40.9. The van der Waals surface area contributed by atoms with Crippen LogP contribution >= 0.6 is 73.7 Å². The van der Waals surface area contributed by atoms with Gasteiger partial charge in [0, 0.05) is 22.5 Å². The Balaban J connectivity index is 0.000000327. The molecule has 0 radical (unpaired) electrons. The maximum absolute atomic E-state index is 2.37. The first kappa shape index (κ1) is 60.1. The zero-order valence-electron chi connectivity index (χ0n) is 37.7. The van der Waals surface area contributed by atoms with Crippen molar-refractivity contribution in [2.24, 2.45) is 59.2 Å². The summed E-state index contributed by atoms with van der Waals surface area (Å²) in [5.41, 5.74) is 0. The van der Waals surface area contributed by atoms with Crippen LogP contribution in [0.5, 0.6) is 0 Å². The van der Waals surface area contributed by atoms with E-state index < -0.39 is 0 Å². The summed E-state index contributed by atoms with van der Waals surface area (Å²) in [6.45, 7) is 32.8. The predicted molar refractivity (Wildman–Crippen MR) is 290 cm³/mol. The summed E-state index contributed by atoms with van der Waals surface area (Å²) >= 11 is 7.13. The molecule has 5 atom stereocenters. The average Bonchev–Trinajstić information content (AvgIpc) is 4.05. The van der Waals surface area contributed by atoms with Crippen LogP contribution in [-0.2, 0) is 0 Å². The van der Waals surface area contributed by atoms with Gasteiger partial charge >= 0.3 is 307 Å². The van der Waals surface area contributed by atoms with E-state index in [9.17, 15) is 0 Å². The molecule has 5 unspecified atom stereocenters. The van der Waals surface area contributed by atoms with Crippen molar-refractivity contribution in [3.05, 3.63) is 0 Å². The predicted octanol–water partition coefficient (Wildman–Crippen LogP) is 14.9. The fourth-order valence-electron chi connectivity index (χ4n) is 5.28. The summed E-state index contributed by atoms with van der Waals surface area (Å²) in [5.74, 6) is 16.7.